The van der Waals surface area contributed by atoms with Crippen LogP contribution < -0.4 is 10.1 Å². The van der Waals surface area contributed by atoms with Crippen LogP contribution >= 0.6 is 0 Å². The molecule has 0 radical (unpaired) electrons. The van der Waals surface area contributed by atoms with Crippen molar-refractivity contribution in [2.45, 2.75) is 33.2 Å². The van der Waals surface area contributed by atoms with Crippen LogP contribution in [0.4, 0.5) is 0 Å². The standard InChI is InChI=1S/C18H24N2O3/c1-11(2)7-13(10-21)20-18(22)16-8-12(3)19-17-6-5-14(23-4)9-15(16)17/h5-6,8-9,11,13,21H,7,10H2,1-4H3,(H,20,22). The van der Waals surface area contributed by atoms with Gasteiger partial charge in [0.15, 0.2) is 0 Å². The van der Waals surface area contributed by atoms with Crippen molar-refractivity contribution < 1.29 is 14.6 Å². The van der Waals surface area contributed by atoms with Gasteiger partial charge in [-0.2, -0.15) is 0 Å². The first-order valence-corrected chi connectivity index (χ1v) is 7.81. The lowest BCUT2D eigenvalue weighted by atomic mass is 10.0. The summed E-state index contributed by atoms with van der Waals surface area (Å²) in [4.78, 5) is 17.1. The third-order valence-corrected chi connectivity index (χ3v) is 3.70. The summed E-state index contributed by atoms with van der Waals surface area (Å²) in [5.74, 6) is 0.870. The maximum Gasteiger partial charge on any atom is 0.252 e. The van der Waals surface area contributed by atoms with Gasteiger partial charge in [-0.1, -0.05) is 13.8 Å². The maximum absolute atomic E-state index is 12.7. The van der Waals surface area contributed by atoms with E-state index < -0.39 is 0 Å². The number of hydrogen-bond donors (Lipinski definition) is 2. The number of aromatic nitrogens is 1. The molecule has 0 bridgehead atoms. The number of aliphatic hydroxyl groups is 1. The highest BCUT2D eigenvalue weighted by Gasteiger charge is 2.17. The monoisotopic (exact) mass is 316 g/mol. The fourth-order valence-electron chi connectivity index (χ4n) is 2.66. The quantitative estimate of drug-likeness (QED) is 0.859. The Kier molecular flexibility index (Phi) is 5.55. The van der Waals surface area contributed by atoms with Crippen LogP contribution in [-0.4, -0.2) is 35.8 Å². The molecule has 5 heteroatoms. The molecule has 2 rings (SSSR count). The molecular weight excluding hydrogens is 292 g/mol. The molecule has 2 N–H and O–H groups in total. The second-order valence-electron chi connectivity index (χ2n) is 6.18. The molecule has 0 aliphatic carbocycles. The zero-order chi connectivity index (χ0) is 17.0. The van der Waals surface area contributed by atoms with Crippen molar-refractivity contribution >= 4 is 16.8 Å². The van der Waals surface area contributed by atoms with Crippen LogP contribution in [0.2, 0.25) is 0 Å². The van der Waals surface area contributed by atoms with Crippen LogP contribution in [0.25, 0.3) is 10.9 Å². The van der Waals surface area contributed by atoms with Crippen molar-refractivity contribution in [3.05, 3.63) is 35.5 Å². The van der Waals surface area contributed by atoms with Crippen molar-refractivity contribution in [2.24, 2.45) is 5.92 Å². The number of nitrogens with one attached hydrogen (secondary N) is 1. The average molecular weight is 316 g/mol. The molecule has 0 fully saturated rings. The van der Waals surface area contributed by atoms with E-state index in [2.05, 4.69) is 24.1 Å². The average Bonchev–Trinajstić information content (AvgIpc) is 2.52. The van der Waals surface area contributed by atoms with Crippen molar-refractivity contribution in [1.29, 1.82) is 0 Å². The zero-order valence-corrected chi connectivity index (χ0v) is 14.1. The molecule has 1 aromatic heterocycles. The summed E-state index contributed by atoms with van der Waals surface area (Å²) in [7, 11) is 1.59. The molecule has 0 saturated carbocycles. The van der Waals surface area contributed by atoms with Gasteiger partial charge in [0.25, 0.3) is 5.91 Å². The van der Waals surface area contributed by atoms with Crippen molar-refractivity contribution in [1.82, 2.24) is 10.3 Å². The SMILES string of the molecule is COc1ccc2nc(C)cc(C(=O)NC(CO)CC(C)C)c2c1. The number of carbonyl (C=O) groups excluding carboxylic acids is 1. The largest absolute Gasteiger partial charge is 0.497 e. The first-order valence-electron chi connectivity index (χ1n) is 7.81. The summed E-state index contributed by atoms with van der Waals surface area (Å²) in [6, 6.07) is 6.99. The predicted octanol–water partition coefficient (Wildman–Crippen LogP) is 2.69. The van der Waals surface area contributed by atoms with E-state index in [1.807, 2.05) is 25.1 Å². The number of aryl methyl sites for hydroxylation is 1. The summed E-state index contributed by atoms with van der Waals surface area (Å²) in [6.45, 7) is 5.91. The summed E-state index contributed by atoms with van der Waals surface area (Å²) < 4.78 is 5.24. The normalized spacial score (nSPS) is 12.4. The number of pyridine rings is 1. The number of fused-ring (bicyclic) bond motifs is 1. The number of rotatable bonds is 6. The number of aliphatic hydroxyl groups excluding tert-OH is 1. The minimum Gasteiger partial charge on any atom is -0.497 e. The van der Waals surface area contributed by atoms with Crippen LogP contribution in [-0.2, 0) is 0 Å². The minimum absolute atomic E-state index is 0.0742. The molecule has 0 aliphatic heterocycles. The van der Waals surface area contributed by atoms with Gasteiger partial charge in [0.05, 0.1) is 30.8 Å². The topological polar surface area (TPSA) is 71.5 Å². The van der Waals surface area contributed by atoms with Crippen molar-refractivity contribution in [3.8, 4) is 5.75 Å². The molecule has 1 heterocycles. The second kappa shape index (κ2) is 7.42. The minimum atomic E-state index is -0.253. The summed E-state index contributed by atoms with van der Waals surface area (Å²) in [6.07, 6.45) is 0.730. The van der Waals surface area contributed by atoms with Crippen LogP contribution in [0.3, 0.4) is 0 Å². The fraction of sp³-hybridized carbons (Fsp3) is 0.444. The lowest BCUT2D eigenvalue weighted by Gasteiger charge is -2.19. The van der Waals surface area contributed by atoms with E-state index in [1.54, 1.807) is 13.2 Å². The Hall–Kier alpha value is -2.14. The van der Waals surface area contributed by atoms with Gasteiger partial charge in [-0.05, 0) is 43.5 Å². The molecular formula is C18H24N2O3. The van der Waals surface area contributed by atoms with Gasteiger partial charge in [0, 0.05) is 11.1 Å². The van der Waals surface area contributed by atoms with Gasteiger partial charge in [-0.15, -0.1) is 0 Å². The van der Waals surface area contributed by atoms with Gasteiger partial charge in [0.1, 0.15) is 5.75 Å². The number of carbonyl (C=O) groups is 1. The lowest BCUT2D eigenvalue weighted by molar-refractivity contribution is 0.0910. The van der Waals surface area contributed by atoms with E-state index in [0.29, 0.717) is 17.2 Å². The molecule has 0 aliphatic rings. The molecule has 23 heavy (non-hydrogen) atoms. The van der Waals surface area contributed by atoms with Crippen molar-refractivity contribution in [3.63, 3.8) is 0 Å². The number of hydrogen-bond acceptors (Lipinski definition) is 4. The van der Waals surface area contributed by atoms with Gasteiger partial charge in [0.2, 0.25) is 0 Å². The first-order chi connectivity index (χ1) is 10.9. The third kappa shape index (κ3) is 4.20. The number of amides is 1. The second-order valence-corrected chi connectivity index (χ2v) is 6.18. The molecule has 1 unspecified atom stereocenters. The summed E-state index contributed by atoms with van der Waals surface area (Å²) >= 11 is 0. The maximum atomic E-state index is 12.7. The van der Waals surface area contributed by atoms with Gasteiger partial charge >= 0.3 is 0 Å². The number of methoxy groups -OCH3 is 1. The van der Waals surface area contributed by atoms with E-state index in [1.165, 1.54) is 0 Å². The molecule has 1 aromatic carbocycles. The van der Waals surface area contributed by atoms with Crippen LogP contribution in [0.1, 0.15) is 36.3 Å². The molecule has 1 amide bonds. The highest BCUT2D eigenvalue weighted by Crippen LogP contribution is 2.24. The smallest absolute Gasteiger partial charge is 0.252 e. The Morgan fingerprint density at radius 1 is 1.35 bits per heavy atom. The molecule has 0 saturated heterocycles. The summed E-state index contributed by atoms with van der Waals surface area (Å²) in [5, 5.41) is 13.1. The van der Waals surface area contributed by atoms with Gasteiger partial charge in [-0.25, -0.2) is 0 Å². The van der Waals surface area contributed by atoms with E-state index in [9.17, 15) is 9.90 Å². The fourth-order valence-corrected chi connectivity index (χ4v) is 2.66. The van der Waals surface area contributed by atoms with Gasteiger partial charge < -0.3 is 15.2 Å². The van der Waals surface area contributed by atoms with E-state index in [0.717, 1.165) is 23.0 Å². The summed E-state index contributed by atoms with van der Waals surface area (Å²) in [5.41, 5.74) is 2.08. The molecule has 5 nitrogen and oxygen atoms in total. The van der Waals surface area contributed by atoms with Crippen LogP contribution in [0.15, 0.2) is 24.3 Å². The van der Waals surface area contributed by atoms with Crippen molar-refractivity contribution in [2.75, 3.05) is 13.7 Å². The number of benzene rings is 1. The predicted molar refractivity (Wildman–Crippen MR) is 90.8 cm³/mol. The molecule has 1 atom stereocenters. The molecule has 0 spiro atoms. The van der Waals surface area contributed by atoms with Crippen LogP contribution in [0.5, 0.6) is 5.75 Å². The Labute approximate surface area is 136 Å². The first kappa shape index (κ1) is 17.2. The molecule has 124 valence electrons. The van der Waals surface area contributed by atoms with Gasteiger partial charge in [-0.3, -0.25) is 9.78 Å². The van der Waals surface area contributed by atoms with E-state index in [4.69, 9.17) is 4.74 Å². The Morgan fingerprint density at radius 3 is 2.70 bits per heavy atom. The molecule has 2 aromatic rings. The highest BCUT2D eigenvalue weighted by atomic mass is 16.5. The Morgan fingerprint density at radius 2 is 2.09 bits per heavy atom. The third-order valence-electron chi connectivity index (χ3n) is 3.70. The number of nitrogens with zero attached hydrogens (tertiary/aromatic N) is 1. The van der Waals surface area contributed by atoms with E-state index >= 15 is 0 Å². The zero-order valence-electron chi connectivity index (χ0n) is 14.1. The highest BCUT2D eigenvalue weighted by molar-refractivity contribution is 6.06. The Balaban J connectivity index is 2.38. The number of ether oxygens (including phenoxy) is 1. The lowest BCUT2D eigenvalue weighted by Crippen LogP contribution is -2.38. The Bertz CT molecular complexity index is 698. The van der Waals surface area contributed by atoms with Crippen LogP contribution in [0, 0.1) is 12.8 Å². The van der Waals surface area contributed by atoms with E-state index in [-0.39, 0.29) is 18.6 Å².